The number of nitrogens with one attached hydrogen (secondary N) is 1. The lowest BCUT2D eigenvalue weighted by Crippen LogP contribution is -2.12. The van der Waals surface area contributed by atoms with Crippen LogP contribution in [-0.4, -0.2) is 26.7 Å². The van der Waals surface area contributed by atoms with Crippen molar-refractivity contribution in [3.63, 3.8) is 0 Å². The van der Waals surface area contributed by atoms with Gasteiger partial charge in [0.2, 0.25) is 0 Å². The lowest BCUT2D eigenvalue weighted by Gasteiger charge is -2.10. The summed E-state index contributed by atoms with van der Waals surface area (Å²) in [5.74, 6) is 0.433. The van der Waals surface area contributed by atoms with E-state index in [2.05, 4.69) is 5.32 Å². The maximum atomic E-state index is 12.2. The van der Waals surface area contributed by atoms with Crippen LogP contribution in [0.15, 0.2) is 53.4 Å². The largest absolute Gasteiger partial charge is 0.491 e. The fourth-order valence-corrected chi connectivity index (χ4v) is 2.58. The molecular formula is C17H19NO4S. The fourth-order valence-electron chi connectivity index (χ4n) is 1.95. The molecule has 0 aliphatic rings. The summed E-state index contributed by atoms with van der Waals surface area (Å²) in [6.07, 6.45) is 1.21. The zero-order valence-electron chi connectivity index (χ0n) is 13.2. The minimum atomic E-state index is -3.24. The van der Waals surface area contributed by atoms with Crippen molar-refractivity contribution in [2.75, 3.05) is 11.6 Å². The molecule has 1 amide bonds. The standard InChI is InChI=1S/C17H19NO4S/c1-12(2)22-15-8-4-13(5-9-15)17(19)18-14-6-10-16(11-7-14)23(3,20)21/h4-12H,1-3H3,(H,18,19). The number of benzene rings is 2. The van der Waals surface area contributed by atoms with E-state index in [-0.39, 0.29) is 16.9 Å². The lowest BCUT2D eigenvalue weighted by atomic mass is 10.2. The summed E-state index contributed by atoms with van der Waals surface area (Å²) in [5.41, 5.74) is 1.03. The van der Waals surface area contributed by atoms with Gasteiger partial charge in [-0.3, -0.25) is 4.79 Å². The molecule has 2 aromatic carbocycles. The molecule has 0 aliphatic heterocycles. The van der Waals surface area contributed by atoms with Crippen molar-refractivity contribution in [2.45, 2.75) is 24.8 Å². The number of carbonyl (C=O) groups excluding carboxylic acids is 1. The molecule has 0 atom stereocenters. The Labute approximate surface area is 136 Å². The molecule has 0 aromatic heterocycles. The van der Waals surface area contributed by atoms with Crippen LogP contribution < -0.4 is 10.1 Å². The van der Waals surface area contributed by atoms with Gasteiger partial charge in [-0.25, -0.2) is 8.42 Å². The van der Waals surface area contributed by atoms with Crippen molar-refractivity contribution in [1.82, 2.24) is 0 Å². The third kappa shape index (κ3) is 4.82. The molecule has 0 radical (unpaired) electrons. The Morgan fingerprint density at radius 2 is 1.57 bits per heavy atom. The normalized spacial score (nSPS) is 11.3. The van der Waals surface area contributed by atoms with Gasteiger partial charge in [0.15, 0.2) is 9.84 Å². The summed E-state index contributed by atoms with van der Waals surface area (Å²) < 4.78 is 28.3. The van der Waals surface area contributed by atoms with E-state index in [0.29, 0.717) is 17.0 Å². The Kier molecular flexibility index (Phi) is 5.05. The number of hydrogen-bond donors (Lipinski definition) is 1. The SMILES string of the molecule is CC(C)Oc1ccc(C(=O)Nc2ccc(S(C)(=O)=O)cc2)cc1. The van der Waals surface area contributed by atoms with Crippen molar-refractivity contribution < 1.29 is 17.9 Å². The number of carbonyl (C=O) groups is 1. The number of rotatable bonds is 5. The van der Waals surface area contributed by atoms with Crippen LogP contribution in [0.1, 0.15) is 24.2 Å². The second-order valence-corrected chi connectivity index (χ2v) is 7.46. The quantitative estimate of drug-likeness (QED) is 0.912. The van der Waals surface area contributed by atoms with Crippen LogP contribution in [0.5, 0.6) is 5.75 Å². The first-order chi connectivity index (χ1) is 10.8. The predicted octanol–water partition coefficient (Wildman–Crippen LogP) is 3.13. The molecule has 23 heavy (non-hydrogen) atoms. The van der Waals surface area contributed by atoms with Gasteiger partial charge in [0, 0.05) is 17.5 Å². The van der Waals surface area contributed by atoms with Crippen molar-refractivity contribution in [1.29, 1.82) is 0 Å². The molecule has 0 fully saturated rings. The number of sulfone groups is 1. The van der Waals surface area contributed by atoms with Gasteiger partial charge in [0.25, 0.3) is 5.91 Å². The molecule has 5 nitrogen and oxygen atoms in total. The third-order valence-corrected chi connectivity index (χ3v) is 4.16. The summed E-state index contributed by atoms with van der Waals surface area (Å²) in [6, 6.07) is 12.9. The monoisotopic (exact) mass is 333 g/mol. The molecule has 0 heterocycles. The number of hydrogen-bond acceptors (Lipinski definition) is 4. The highest BCUT2D eigenvalue weighted by atomic mass is 32.2. The second-order valence-electron chi connectivity index (χ2n) is 5.44. The van der Waals surface area contributed by atoms with Crippen LogP contribution in [0.2, 0.25) is 0 Å². The molecule has 0 spiro atoms. The van der Waals surface area contributed by atoms with Crippen LogP contribution in [0.4, 0.5) is 5.69 Å². The van der Waals surface area contributed by atoms with Crippen molar-refractivity contribution >= 4 is 21.4 Å². The van der Waals surface area contributed by atoms with Crippen molar-refractivity contribution in [2.24, 2.45) is 0 Å². The van der Waals surface area contributed by atoms with Gasteiger partial charge in [-0.15, -0.1) is 0 Å². The zero-order valence-corrected chi connectivity index (χ0v) is 14.1. The number of anilines is 1. The van der Waals surface area contributed by atoms with Gasteiger partial charge in [-0.1, -0.05) is 0 Å². The summed E-state index contributed by atoms with van der Waals surface area (Å²) >= 11 is 0. The van der Waals surface area contributed by atoms with E-state index in [1.54, 1.807) is 36.4 Å². The molecular weight excluding hydrogens is 314 g/mol. The molecule has 6 heteroatoms. The van der Waals surface area contributed by atoms with Crippen molar-refractivity contribution in [3.05, 3.63) is 54.1 Å². The Hall–Kier alpha value is -2.34. The highest BCUT2D eigenvalue weighted by Crippen LogP contribution is 2.17. The van der Waals surface area contributed by atoms with Gasteiger partial charge in [0.05, 0.1) is 11.0 Å². The van der Waals surface area contributed by atoms with Crippen LogP contribution in [0.25, 0.3) is 0 Å². The molecule has 2 rings (SSSR count). The summed E-state index contributed by atoms with van der Waals surface area (Å²) in [6.45, 7) is 3.86. The molecule has 0 unspecified atom stereocenters. The van der Waals surface area contributed by atoms with Crippen LogP contribution in [0.3, 0.4) is 0 Å². The smallest absolute Gasteiger partial charge is 0.255 e. The van der Waals surface area contributed by atoms with E-state index in [4.69, 9.17) is 4.74 Å². The van der Waals surface area contributed by atoms with Gasteiger partial charge < -0.3 is 10.1 Å². The number of ether oxygens (including phenoxy) is 1. The molecule has 0 saturated carbocycles. The third-order valence-electron chi connectivity index (χ3n) is 3.03. The first-order valence-electron chi connectivity index (χ1n) is 7.14. The van der Waals surface area contributed by atoms with Gasteiger partial charge in [-0.05, 0) is 62.4 Å². The van der Waals surface area contributed by atoms with Crippen molar-refractivity contribution in [3.8, 4) is 5.75 Å². The van der Waals surface area contributed by atoms with Gasteiger partial charge in [-0.2, -0.15) is 0 Å². The highest BCUT2D eigenvalue weighted by molar-refractivity contribution is 7.90. The summed E-state index contributed by atoms with van der Waals surface area (Å²) in [4.78, 5) is 12.4. The minimum absolute atomic E-state index is 0.0723. The fraction of sp³-hybridized carbons (Fsp3) is 0.235. The van der Waals surface area contributed by atoms with Crippen LogP contribution >= 0.6 is 0 Å². The topological polar surface area (TPSA) is 72.5 Å². The maximum Gasteiger partial charge on any atom is 0.255 e. The van der Waals surface area contributed by atoms with E-state index in [1.807, 2.05) is 13.8 Å². The van der Waals surface area contributed by atoms with E-state index >= 15 is 0 Å². The summed E-state index contributed by atoms with van der Waals surface area (Å²) in [5, 5.41) is 2.72. The van der Waals surface area contributed by atoms with E-state index < -0.39 is 9.84 Å². The molecule has 1 N–H and O–H groups in total. The minimum Gasteiger partial charge on any atom is -0.491 e. The predicted molar refractivity (Wildman–Crippen MR) is 89.7 cm³/mol. The Balaban J connectivity index is 2.07. The lowest BCUT2D eigenvalue weighted by molar-refractivity contribution is 0.102. The number of amides is 1. The van der Waals surface area contributed by atoms with E-state index in [9.17, 15) is 13.2 Å². The molecule has 0 saturated heterocycles. The maximum absolute atomic E-state index is 12.2. The van der Waals surface area contributed by atoms with Crippen LogP contribution in [-0.2, 0) is 9.84 Å². The average Bonchev–Trinajstić information content (AvgIpc) is 2.47. The molecule has 0 bridgehead atoms. The molecule has 0 aliphatic carbocycles. The Morgan fingerprint density at radius 1 is 1.00 bits per heavy atom. The van der Waals surface area contributed by atoms with Gasteiger partial charge in [0.1, 0.15) is 5.75 Å². The Morgan fingerprint density at radius 3 is 2.04 bits per heavy atom. The highest BCUT2D eigenvalue weighted by Gasteiger charge is 2.09. The molecule has 122 valence electrons. The van der Waals surface area contributed by atoms with E-state index in [0.717, 1.165) is 6.26 Å². The second kappa shape index (κ2) is 6.83. The first kappa shape index (κ1) is 17.0. The molecule has 2 aromatic rings. The first-order valence-corrected chi connectivity index (χ1v) is 9.03. The van der Waals surface area contributed by atoms with Gasteiger partial charge >= 0.3 is 0 Å². The average molecular weight is 333 g/mol. The summed E-state index contributed by atoms with van der Waals surface area (Å²) in [7, 11) is -3.24. The van der Waals surface area contributed by atoms with E-state index in [1.165, 1.54) is 12.1 Å². The zero-order chi connectivity index (χ0) is 17.0. The Bertz CT molecular complexity index is 778. The van der Waals surface area contributed by atoms with Crippen LogP contribution in [0, 0.1) is 0 Å².